The van der Waals surface area contributed by atoms with Gasteiger partial charge in [0.25, 0.3) is 5.69 Å². The van der Waals surface area contributed by atoms with Gasteiger partial charge in [0.15, 0.2) is 0 Å². The molecule has 19 heavy (non-hydrogen) atoms. The molecule has 1 aromatic heterocycles. The summed E-state index contributed by atoms with van der Waals surface area (Å²) in [5.74, 6) is -0.202. The maximum absolute atomic E-state index is 13.0. The van der Waals surface area contributed by atoms with Gasteiger partial charge < -0.3 is 4.42 Å². The van der Waals surface area contributed by atoms with E-state index in [2.05, 4.69) is 15.9 Å². The van der Waals surface area contributed by atoms with Crippen molar-refractivity contribution in [3.05, 3.63) is 50.7 Å². The lowest BCUT2D eigenvalue weighted by atomic mass is 10.0. The average molecular weight is 336 g/mol. The largest absolute Gasteiger partial charge is 0.464 e. The molecule has 0 atom stereocenters. The van der Waals surface area contributed by atoms with Gasteiger partial charge in [-0.05, 0) is 18.2 Å². The number of benzene rings is 1. The molecule has 100 valence electrons. The first kappa shape index (κ1) is 13.6. The smallest absolute Gasteiger partial charge is 0.417 e. The molecule has 0 fully saturated rings. The van der Waals surface area contributed by atoms with E-state index in [9.17, 15) is 23.3 Å². The van der Waals surface area contributed by atoms with E-state index in [0.29, 0.717) is 0 Å². The van der Waals surface area contributed by atoms with Crippen LogP contribution in [0.2, 0.25) is 0 Å². The Hall–Kier alpha value is -1.83. The summed E-state index contributed by atoms with van der Waals surface area (Å²) in [5, 5.41) is 10.9. The molecule has 4 nitrogen and oxygen atoms in total. The summed E-state index contributed by atoms with van der Waals surface area (Å²) in [6.45, 7) is 0. The predicted molar refractivity (Wildman–Crippen MR) is 63.5 cm³/mol. The Morgan fingerprint density at radius 2 is 2.00 bits per heavy atom. The molecule has 0 spiro atoms. The zero-order valence-electron chi connectivity index (χ0n) is 9.07. The molecular formula is C11H5BrF3NO3. The fourth-order valence-corrected chi connectivity index (χ4v) is 2.09. The van der Waals surface area contributed by atoms with Crippen LogP contribution < -0.4 is 0 Å². The minimum Gasteiger partial charge on any atom is -0.464 e. The number of nitrogens with zero attached hydrogens (tertiary/aromatic N) is 1. The third-order valence-electron chi connectivity index (χ3n) is 2.35. The molecule has 0 N–H and O–H groups in total. The van der Waals surface area contributed by atoms with Crippen LogP contribution in [-0.2, 0) is 6.18 Å². The van der Waals surface area contributed by atoms with Gasteiger partial charge in [0, 0.05) is 10.5 Å². The predicted octanol–water partition coefficient (Wildman–Crippen LogP) is 4.64. The van der Waals surface area contributed by atoms with Crippen molar-refractivity contribution < 1.29 is 22.5 Å². The quantitative estimate of drug-likeness (QED) is 0.593. The zero-order valence-corrected chi connectivity index (χ0v) is 10.7. The second-order valence-electron chi connectivity index (χ2n) is 3.58. The molecule has 8 heteroatoms. The summed E-state index contributed by atoms with van der Waals surface area (Å²) in [5.41, 5.74) is -2.37. The molecule has 0 saturated heterocycles. The van der Waals surface area contributed by atoms with Gasteiger partial charge in [0.1, 0.15) is 11.3 Å². The van der Waals surface area contributed by atoms with Crippen molar-refractivity contribution in [1.82, 2.24) is 0 Å². The van der Waals surface area contributed by atoms with Gasteiger partial charge in [0.05, 0.1) is 16.7 Å². The Bertz CT molecular complexity index is 623. The summed E-state index contributed by atoms with van der Waals surface area (Å²) in [4.78, 5) is 10.0. The van der Waals surface area contributed by atoms with Crippen LogP contribution in [-0.4, -0.2) is 4.92 Å². The van der Waals surface area contributed by atoms with Crippen molar-refractivity contribution in [2.75, 3.05) is 0 Å². The molecule has 2 rings (SSSR count). The number of rotatable bonds is 2. The molecular weight excluding hydrogens is 331 g/mol. The molecule has 2 aromatic rings. The van der Waals surface area contributed by atoms with Gasteiger partial charge in [0.2, 0.25) is 0 Å². The van der Waals surface area contributed by atoms with Crippen LogP contribution in [0, 0.1) is 10.1 Å². The Kier molecular flexibility index (Phi) is 3.36. The molecule has 0 radical (unpaired) electrons. The van der Waals surface area contributed by atoms with Gasteiger partial charge in [-0.3, -0.25) is 10.1 Å². The molecule has 0 aliphatic carbocycles. The lowest BCUT2D eigenvalue weighted by Gasteiger charge is -2.12. The van der Waals surface area contributed by atoms with E-state index in [1.54, 1.807) is 0 Å². The Labute approximate surface area is 113 Å². The number of nitro groups is 1. The number of halogens is 4. The molecule has 1 heterocycles. The van der Waals surface area contributed by atoms with Crippen LogP contribution in [0.3, 0.4) is 0 Å². The highest BCUT2D eigenvalue weighted by molar-refractivity contribution is 9.10. The van der Waals surface area contributed by atoms with E-state index < -0.39 is 27.9 Å². The average Bonchev–Trinajstić information content (AvgIpc) is 2.79. The van der Waals surface area contributed by atoms with Crippen molar-refractivity contribution in [2.45, 2.75) is 6.18 Å². The van der Waals surface area contributed by atoms with Crippen molar-refractivity contribution in [3.8, 4) is 11.3 Å². The first-order valence-corrected chi connectivity index (χ1v) is 5.69. The standard InChI is InChI=1S/C11H5BrF3NO3/c12-6-4-7(11(13,14)15)10(8(5-6)16(17)18)9-2-1-3-19-9/h1-5H. The molecule has 0 aliphatic rings. The van der Waals surface area contributed by atoms with Crippen molar-refractivity contribution in [2.24, 2.45) is 0 Å². The summed E-state index contributed by atoms with van der Waals surface area (Å²) >= 11 is 2.84. The fraction of sp³-hybridized carbons (Fsp3) is 0.0909. The van der Waals surface area contributed by atoms with Gasteiger partial charge in [-0.2, -0.15) is 13.2 Å². The van der Waals surface area contributed by atoms with Gasteiger partial charge in [-0.15, -0.1) is 0 Å². The summed E-state index contributed by atoms with van der Waals surface area (Å²) in [7, 11) is 0. The minimum atomic E-state index is -4.73. The van der Waals surface area contributed by atoms with Crippen LogP contribution in [0.25, 0.3) is 11.3 Å². The van der Waals surface area contributed by atoms with Crippen molar-refractivity contribution in [3.63, 3.8) is 0 Å². The summed E-state index contributed by atoms with van der Waals surface area (Å²) in [6.07, 6.45) is -3.57. The van der Waals surface area contributed by atoms with Gasteiger partial charge in [-0.25, -0.2) is 0 Å². The SMILES string of the molecule is O=[N+]([O-])c1cc(Br)cc(C(F)(F)F)c1-c1ccco1. The lowest BCUT2D eigenvalue weighted by Crippen LogP contribution is -2.09. The monoisotopic (exact) mass is 335 g/mol. The zero-order chi connectivity index (χ0) is 14.2. The van der Waals surface area contributed by atoms with Crippen LogP contribution in [0.4, 0.5) is 18.9 Å². The molecule has 0 amide bonds. The first-order valence-electron chi connectivity index (χ1n) is 4.89. The van der Waals surface area contributed by atoms with Crippen molar-refractivity contribution >= 4 is 21.6 Å². The van der Waals surface area contributed by atoms with E-state index in [0.717, 1.165) is 18.4 Å². The second-order valence-corrected chi connectivity index (χ2v) is 4.50. The minimum absolute atomic E-state index is 0.0261. The molecule has 0 bridgehead atoms. The van der Waals surface area contributed by atoms with Crippen LogP contribution in [0.5, 0.6) is 0 Å². The van der Waals surface area contributed by atoms with E-state index in [1.807, 2.05) is 0 Å². The number of nitro benzene ring substituents is 1. The second kappa shape index (κ2) is 4.69. The van der Waals surface area contributed by atoms with Crippen molar-refractivity contribution in [1.29, 1.82) is 0 Å². The van der Waals surface area contributed by atoms with Crippen LogP contribution in [0.1, 0.15) is 5.56 Å². The summed E-state index contributed by atoms with van der Waals surface area (Å²) < 4.78 is 43.8. The van der Waals surface area contributed by atoms with Gasteiger partial charge >= 0.3 is 6.18 Å². The highest BCUT2D eigenvalue weighted by atomic mass is 79.9. The van der Waals surface area contributed by atoms with E-state index in [4.69, 9.17) is 4.42 Å². The maximum atomic E-state index is 13.0. The van der Waals surface area contributed by atoms with E-state index >= 15 is 0 Å². The van der Waals surface area contributed by atoms with E-state index in [-0.39, 0.29) is 10.2 Å². The highest BCUT2D eigenvalue weighted by Crippen LogP contribution is 2.43. The number of alkyl halides is 3. The molecule has 0 saturated carbocycles. The molecule has 1 aromatic carbocycles. The Balaban J connectivity index is 2.83. The van der Waals surface area contributed by atoms with Crippen LogP contribution in [0.15, 0.2) is 39.4 Å². The molecule has 0 unspecified atom stereocenters. The first-order chi connectivity index (χ1) is 8.80. The Morgan fingerprint density at radius 3 is 2.47 bits per heavy atom. The molecule has 0 aliphatic heterocycles. The maximum Gasteiger partial charge on any atom is 0.417 e. The van der Waals surface area contributed by atoms with E-state index in [1.165, 1.54) is 12.1 Å². The van der Waals surface area contributed by atoms with Crippen LogP contribution >= 0.6 is 15.9 Å². The number of hydrogen-bond acceptors (Lipinski definition) is 3. The number of hydrogen-bond donors (Lipinski definition) is 0. The Morgan fingerprint density at radius 1 is 1.32 bits per heavy atom. The number of furan rings is 1. The third kappa shape index (κ3) is 2.62. The normalized spacial score (nSPS) is 11.6. The lowest BCUT2D eigenvalue weighted by molar-refractivity contribution is -0.384. The van der Waals surface area contributed by atoms with Gasteiger partial charge in [-0.1, -0.05) is 15.9 Å². The third-order valence-corrected chi connectivity index (χ3v) is 2.81. The topological polar surface area (TPSA) is 56.3 Å². The fourth-order valence-electron chi connectivity index (χ4n) is 1.64. The highest BCUT2D eigenvalue weighted by Gasteiger charge is 2.38. The summed E-state index contributed by atoms with van der Waals surface area (Å²) in [6, 6.07) is 4.39.